The van der Waals surface area contributed by atoms with Crippen LogP contribution < -0.4 is 4.74 Å². The Bertz CT molecular complexity index is 556. The monoisotopic (exact) mass is 358 g/mol. The van der Waals surface area contributed by atoms with Crippen LogP contribution in [-0.2, 0) is 11.3 Å². The van der Waals surface area contributed by atoms with Gasteiger partial charge in [-0.3, -0.25) is 9.69 Å². The minimum absolute atomic E-state index is 0.00138. The average molecular weight is 358 g/mol. The quantitative estimate of drug-likeness (QED) is 0.778. The number of rotatable bonds is 6. The van der Waals surface area contributed by atoms with Gasteiger partial charge in [0.15, 0.2) is 0 Å². The SMILES string of the molecule is CCN(CC)C(=O)C1CCCN(Cc2ccc(OC(F)(F)F)cc2)C1. The van der Waals surface area contributed by atoms with E-state index < -0.39 is 6.36 Å². The van der Waals surface area contributed by atoms with E-state index in [0.717, 1.165) is 24.9 Å². The Morgan fingerprint density at radius 2 is 1.88 bits per heavy atom. The zero-order valence-corrected chi connectivity index (χ0v) is 14.7. The molecule has 1 amide bonds. The number of alkyl halides is 3. The molecule has 0 bridgehead atoms. The molecule has 1 aromatic rings. The molecule has 1 unspecified atom stereocenters. The number of hydrogen-bond donors (Lipinski definition) is 0. The number of benzene rings is 1. The molecular formula is C18H25F3N2O2. The minimum Gasteiger partial charge on any atom is -0.406 e. The number of likely N-dealkylation sites (tertiary alicyclic amines) is 1. The number of ether oxygens (including phenoxy) is 1. The van der Waals surface area contributed by atoms with Crippen molar-refractivity contribution < 1.29 is 22.7 Å². The molecule has 0 radical (unpaired) electrons. The topological polar surface area (TPSA) is 32.8 Å². The van der Waals surface area contributed by atoms with Crippen LogP contribution in [0.15, 0.2) is 24.3 Å². The molecular weight excluding hydrogens is 333 g/mol. The van der Waals surface area contributed by atoms with E-state index in [1.807, 2.05) is 18.7 Å². The number of amides is 1. The normalized spacial score (nSPS) is 18.8. The molecule has 0 N–H and O–H groups in total. The summed E-state index contributed by atoms with van der Waals surface area (Å²) in [5.41, 5.74) is 0.908. The van der Waals surface area contributed by atoms with Crippen molar-refractivity contribution in [2.75, 3.05) is 26.2 Å². The highest BCUT2D eigenvalue weighted by atomic mass is 19.4. The maximum atomic E-state index is 12.5. The van der Waals surface area contributed by atoms with Crippen LogP contribution in [0.1, 0.15) is 32.3 Å². The fraction of sp³-hybridized carbons (Fsp3) is 0.611. The molecule has 4 nitrogen and oxygen atoms in total. The lowest BCUT2D eigenvalue weighted by Gasteiger charge is -2.34. The first-order valence-corrected chi connectivity index (χ1v) is 8.68. The number of carbonyl (C=O) groups is 1. The first kappa shape index (κ1) is 19.6. The summed E-state index contributed by atoms with van der Waals surface area (Å²) in [5.74, 6) is -0.0189. The molecule has 2 rings (SSSR count). The van der Waals surface area contributed by atoms with Crippen molar-refractivity contribution in [2.24, 2.45) is 5.92 Å². The molecule has 25 heavy (non-hydrogen) atoms. The smallest absolute Gasteiger partial charge is 0.406 e. The van der Waals surface area contributed by atoms with Crippen LogP contribution >= 0.6 is 0 Å². The molecule has 7 heteroatoms. The highest BCUT2D eigenvalue weighted by Gasteiger charge is 2.31. The summed E-state index contributed by atoms with van der Waals surface area (Å²) in [6, 6.07) is 5.92. The Balaban J connectivity index is 1.93. The summed E-state index contributed by atoms with van der Waals surface area (Å²) in [4.78, 5) is 16.6. The van der Waals surface area contributed by atoms with Crippen molar-refractivity contribution in [3.63, 3.8) is 0 Å². The Morgan fingerprint density at radius 3 is 2.44 bits per heavy atom. The fourth-order valence-corrected chi connectivity index (χ4v) is 3.25. The highest BCUT2D eigenvalue weighted by Crippen LogP contribution is 2.24. The van der Waals surface area contributed by atoms with Crippen molar-refractivity contribution in [3.05, 3.63) is 29.8 Å². The van der Waals surface area contributed by atoms with Gasteiger partial charge in [0, 0.05) is 26.2 Å². The standard InChI is InChI=1S/C18H25F3N2O2/c1-3-23(4-2)17(24)15-6-5-11-22(13-15)12-14-7-9-16(10-8-14)25-18(19,20)21/h7-10,15H,3-6,11-13H2,1-2H3. The van der Waals surface area contributed by atoms with Crippen molar-refractivity contribution in [1.29, 1.82) is 0 Å². The Labute approximate surface area is 146 Å². The van der Waals surface area contributed by atoms with Crippen LogP contribution in [0.3, 0.4) is 0 Å². The molecule has 0 saturated carbocycles. The molecule has 1 saturated heterocycles. The molecule has 140 valence electrons. The number of piperidine rings is 1. The lowest BCUT2D eigenvalue weighted by Crippen LogP contribution is -2.44. The number of carbonyl (C=O) groups excluding carboxylic acids is 1. The van der Waals surface area contributed by atoms with Crippen LogP contribution in [0.25, 0.3) is 0 Å². The van der Waals surface area contributed by atoms with Gasteiger partial charge < -0.3 is 9.64 Å². The summed E-state index contributed by atoms with van der Waals surface area (Å²) in [6.45, 7) is 7.59. The summed E-state index contributed by atoms with van der Waals surface area (Å²) in [6.07, 6.45) is -2.83. The van der Waals surface area contributed by atoms with E-state index in [9.17, 15) is 18.0 Å². The molecule has 1 fully saturated rings. The van der Waals surface area contributed by atoms with E-state index in [-0.39, 0.29) is 17.6 Å². The zero-order valence-electron chi connectivity index (χ0n) is 14.7. The number of halogens is 3. The van der Waals surface area contributed by atoms with E-state index in [1.54, 1.807) is 12.1 Å². The van der Waals surface area contributed by atoms with Gasteiger partial charge in [0.05, 0.1) is 5.92 Å². The molecule has 0 aliphatic carbocycles. The molecule has 1 atom stereocenters. The van der Waals surface area contributed by atoms with Crippen LogP contribution in [0.4, 0.5) is 13.2 Å². The second-order valence-electron chi connectivity index (χ2n) is 6.28. The molecule has 0 spiro atoms. The van der Waals surface area contributed by atoms with E-state index in [1.165, 1.54) is 12.1 Å². The van der Waals surface area contributed by atoms with E-state index in [0.29, 0.717) is 26.2 Å². The van der Waals surface area contributed by atoms with Crippen molar-refractivity contribution in [3.8, 4) is 5.75 Å². The van der Waals surface area contributed by atoms with Crippen LogP contribution in [0, 0.1) is 5.92 Å². The maximum absolute atomic E-state index is 12.5. The summed E-state index contributed by atoms with van der Waals surface area (Å²) < 4.78 is 40.5. The number of nitrogens with zero attached hydrogens (tertiary/aromatic N) is 2. The average Bonchev–Trinajstić information content (AvgIpc) is 2.56. The van der Waals surface area contributed by atoms with Gasteiger partial charge in [-0.2, -0.15) is 0 Å². The first-order chi connectivity index (χ1) is 11.8. The Hall–Kier alpha value is -1.76. The Morgan fingerprint density at radius 1 is 1.24 bits per heavy atom. The molecule has 1 heterocycles. The van der Waals surface area contributed by atoms with Gasteiger partial charge in [-0.05, 0) is 50.9 Å². The largest absolute Gasteiger partial charge is 0.573 e. The second kappa shape index (κ2) is 8.56. The van der Waals surface area contributed by atoms with Gasteiger partial charge in [-0.15, -0.1) is 13.2 Å². The fourth-order valence-electron chi connectivity index (χ4n) is 3.25. The third-order valence-corrected chi connectivity index (χ3v) is 4.49. The van der Waals surface area contributed by atoms with Gasteiger partial charge in [0.2, 0.25) is 5.91 Å². The predicted octanol–water partition coefficient (Wildman–Crippen LogP) is 3.67. The van der Waals surface area contributed by atoms with E-state index >= 15 is 0 Å². The molecule has 0 aromatic heterocycles. The van der Waals surface area contributed by atoms with Crippen LogP contribution in [0.2, 0.25) is 0 Å². The first-order valence-electron chi connectivity index (χ1n) is 8.68. The minimum atomic E-state index is -4.67. The van der Waals surface area contributed by atoms with Crippen LogP contribution in [-0.4, -0.2) is 48.2 Å². The highest BCUT2D eigenvalue weighted by molar-refractivity contribution is 5.79. The van der Waals surface area contributed by atoms with Gasteiger partial charge in [0.25, 0.3) is 0 Å². The third kappa shape index (κ3) is 5.92. The molecule has 1 aromatic carbocycles. The summed E-state index contributed by atoms with van der Waals surface area (Å²) in [5, 5.41) is 0. The predicted molar refractivity (Wildman–Crippen MR) is 89.1 cm³/mol. The van der Waals surface area contributed by atoms with Gasteiger partial charge in [-0.1, -0.05) is 12.1 Å². The van der Waals surface area contributed by atoms with Crippen molar-refractivity contribution >= 4 is 5.91 Å². The zero-order chi connectivity index (χ0) is 18.4. The van der Waals surface area contributed by atoms with E-state index in [2.05, 4.69) is 9.64 Å². The van der Waals surface area contributed by atoms with Gasteiger partial charge >= 0.3 is 6.36 Å². The van der Waals surface area contributed by atoms with E-state index in [4.69, 9.17) is 0 Å². The maximum Gasteiger partial charge on any atom is 0.573 e. The lowest BCUT2D eigenvalue weighted by atomic mass is 9.96. The van der Waals surface area contributed by atoms with Crippen LogP contribution in [0.5, 0.6) is 5.75 Å². The lowest BCUT2D eigenvalue weighted by molar-refractivity contribution is -0.274. The summed E-state index contributed by atoms with van der Waals surface area (Å²) >= 11 is 0. The Kier molecular flexibility index (Phi) is 6.70. The van der Waals surface area contributed by atoms with Gasteiger partial charge in [0.1, 0.15) is 5.75 Å². The van der Waals surface area contributed by atoms with Crippen molar-refractivity contribution in [1.82, 2.24) is 9.80 Å². The van der Waals surface area contributed by atoms with Crippen molar-refractivity contribution in [2.45, 2.75) is 39.6 Å². The second-order valence-corrected chi connectivity index (χ2v) is 6.28. The summed E-state index contributed by atoms with van der Waals surface area (Å²) in [7, 11) is 0. The van der Waals surface area contributed by atoms with Gasteiger partial charge in [-0.25, -0.2) is 0 Å². The number of hydrogen-bond acceptors (Lipinski definition) is 3. The molecule has 1 aliphatic rings. The molecule has 1 aliphatic heterocycles. The third-order valence-electron chi connectivity index (χ3n) is 4.49.